The molecule has 0 radical (unpaired) electrons. The van der Waals surface area contributed by atoms with Gasteiger partial charge in [0.1, 0.15) is 5.82 Å². The van der Waals surface area contributed by atoms with Gasteiger partial charge in [0.2, 0.25) is 5.91 Å². The molecule has 118 valence electrons. The monoisotopic (exact) mass is 315 g/mol. The second kappa shape index (κ2) is 6.69. The van der Waals surface area contributed by atoms with Crippen LogP contribution in [-0.4, -0.2) is 17.7 Å². The molecule has 0 atom stereocenters. The largest absolute Gasteiger partial charge is 0.399 e. The zero-order valence-electron chi connectivity index (χ0n) is 12.2. The maximum Gasteiger partial charge on any atom is 0.323 e. The van der Waals surface area contributed by atoms with Crippen LogP contribution < -0.4 is 16.0 Å². The maximum absolute atomic E-state index is 13.1. The number of hydrogen-bond donors (Lipinski definition) is 2. The van der Waals surface area contributed by atoms with E-state index in [0.717, 1.165) is 13.0 Å². The number of carbonyl (C=O) groups excluding carboxylic acids is 3. The highest BCUT2D eigenvalue weighted by Gasteiger charge is 2.27. The van der Waals surface area contributed by atoms with Gasteiger partial charge in [0.25, 0.3) is 0 Å². The number of nitrogens with two attached hydrogens (primary N) is 1. The minimum atomic E-state index is -1.09. The van der Waals surface area contributed by atoms with Crippen LogP contribution in [0, 0.1) is 5.82 Å². The van der Waals surface area contributed by atoms with Crippen LogP contribution >= 0.6 is 0 Å². The molecule has 0 aliphatic rings. The van der Waals surface area contributed by atoms with E-state index in [9.17, 15) is 18.8 Å². The Bertz CT molecular complexity index is 777. The predicted molar refractivity (Wildman–Crippen MR) is 84.1 cm³/mol. The minimum Gasteiger partial charge on any atom is -0.399 e. The third kappa shape index (κ3) is 3.91. The molecule has 0 aliphatic carbocycles. The zero-order chi connectivity index (χ0) is 17.0. The van der Waals surface area contributed by atoms with E-state index in [1.165, 1.54) is 30.3 Å². The fourth-order valence-corrected chi connectivity index (χ4v) is 1.96. The van der Waals surface area contributed by atoms with E-state index in [0.29, 0.717) is 10.6 Å². The molecule has 0 spiro atoms. The number of nitrogens with zero attached hydrogens (tertiary/aromatic N) is 1. The highest BCUT2D eigenvalue weighted by atomic mass is 19.1. The molecule has 2 rings (SSSR count). The van der Waals surface area contributed by atoms with Gasteiger partial charge in [-0.3, -0.25) is 14.4 Å². The molecule has 23 heavy (non-hydrogen) atoms. The second-order valence-corrected chi connectivity index (χ2v) is 4.72. The van der Waals surface area contributed by atoms with Crippen molar-refractivity contribution in [2.45, 2.75) is 6.92 Å². The topological polar surface area (TPSA) is 92.5 Å². The summed E-state index contributed by atoms with van der Waals surface area (Å²) in [4.78, 5) is 36.7. The summed E-state index contributed by atoms with van der Waals surface area (Å²) in [5, 5.41) is 2.25. The molecule has 6 nitrogen and oxygen atoms in total. The molecule has 0 fully saturated rings. The summed E-state index contributed by atoms with van der Waals surface area (Å²) < 4.78 is 13.1. The quantitative estimate of drug-likeness (QED) is 0.654. The van der Waals surface area contributed by atoms with Gasteiger partial charge >= 0.3 is 11.8 Å². The van der Waals surface area contributed by atoms with Gasteiger partial charge in [-0.1, -0.05) is 12.1 Å². The molecule has 3 N–H and O–H groups in total. The highest BCUT2D eigenvalue weighted by Crippen LogP contribution is 2.18. The summed E-state index contributed by atoms with van der Waals surface area (Å²) in [6.45, 7) is 1.15. The number of anilines is 3. The number of carbonyl (C=O) groups is 3. The number of halogens is 1. The third-order valence-electron chi connectivity index (χ3n) is 2.92. The Morgan fingerprint density at radius 1 is 1.09 bits per heavy atom. The Balaban J connectivity index is 2.24. The standard InChI is InChI=1S/C16H14FN3O3/c1-10(21)20(14-7-3-5-12(18)9-14)16(23)15(22)19-13-6-2-4-11(17)8-13/h2-9H,18H2,1H3,(H,19,22). The van der Waals surface area contributed by atoms with E-state index in [1.807, 2.05) is 0 Å². The summed E-state index contributed by atoms with van der Waals surface area (Å²) in [5.41, 5.74) is 6.25. The molecule has 7 heteroatoms. The number of nitrogens with one attached hydrogen (secondary N) is 1. The number of rotatable bonds is 2. The third-order valence-corrected chi connectivity index (χ3v) is 2.92. The smallest absolute Gasteiger partial charge is 0.323 e. The molecular weight excluding hydrogens is 301 g/mol. The molecule has 0 bridgehead atoms. The van der Waals surface area contributed by atoms with E-state index in [-0.39, 0.29) is 11.4 Å². The van der Waals surface area contributed by atoms with Crippen LogP contribution in [0.1, 0.15) is 6.92 Å². The van der Waals surface area contributed by atoms with E-state index < -0.39 is 23.5 Å². The molecule has 0 unspecified atom stereocenters. The SMILES string of the molecule is CC(=O)N(C(=O)C(=O)Nc1cccc(F)c1)c1cccc(N)c1. The van der Waals surface area contributed by atoms with Gasteiger partial charge in [0.05, 0.1) is 5.69 Å². The molecule has 0 heterocycles. The molecular formula is C16H14FN3O3. The lowest BCUT2D eigenvalue weighted by Crippen LogP contribution is -2.42. The Kier molecular flexibility index (Phi) is 4.70. The minimum absolute atomic E-state index is 0.111. The highest BCUT2D eigenvalue weighted by molar-refractivity contribution is 6.48. The van der Waals surface area contributed by atoms with Gasteiger partial charge < -0.3 is 11.1 Å². The van der Waals surface area contributed by atoms with Gasteiger partial charge in [-0.25, -0.2) is 9.29 Å². The zero-order valence-corrected chi connectivity index (χ0v) is 12.2. The lowest BCUT2D eigenvalue weighted by molar-refractivity contribution is -0.136. The Morgan fingerprint density at radius 3 is 2.39 bits per heavy atom. The first-order valence-corrected chi connectivity index (χ1v) is 6.65. The van der Waals surface area contributed by atoms with Gasteiger partial charge in [0, 0.05) is 18.3 Å². The number of nitrogen functional groups attached to an aromatic ring is 1. The molecule has 0 aliphatic heterocycles. The van der Waals surface area contributed by atoms with Crippen molar-refractivity contribution < 1.29 is 18.8 Å². The van der Waals surface area contributed by atoms with Crippen LogP contribution in [0.4, 0.5) is 21.5 Å². The Labute approximate surface area is 131 Å². The first-order valence-electron chi connectivity index (χ1n) is 6.65. The van der Waals surface area contributed by atoms with Crippen molar-refractivity contribution in [2.75, 3.05) is 16.0 Å². The average Bonchev–Trinajstić information content (AvgIpc) is 2.47. The number of hydrogen-bond acceptors (Lipinski definition) is 4. The van der Waals surface area contributed by atoms with Crippen molar-refractivity contribution in [2.24, 2.45) is 0 Å². The van der Waals surface area contributed by atoms with Crippen LogP contribution in [0.15, 0.2) is 48.5 Å². The molecule has 3 amide bonds. The second-order valence-electron chi connectivity index (χ2n) is 4.72. The van der Waals surface area contributed by atoms with Gasteiger partial charge in [-0.2, -0.15) is 0 Å². The van der Waals surface area contributed by atoms with Gasteiger partial charge in [-0.05, 0) is 36.4 Å². The lowest BCUT2D eigenvalue weighted by Gasteiger charge is -2.19. The van der Waals surface area contributed by atoms with Crippen LogP contribution in [0.25, 0.3) is 0 Å². The van der Waals surface area contributed by atoms with Crippen LogP contribution in [-0.2, 0) is 14.4 Å². The van der Waals surface area contributed by atoms with Crippen molar-refractivity contribution in [1.29, 1.82) is 0 Å². The number of benzene rings is 2. The molecule has 0 saturated carbocycles. The van der Waals surface area contributed by atoms with Crippen LogP contribution in [0.2, 0.25) is 0 Å². The summed E-state index contributed by atoms with van der Waals surface area (Å²) in [7, 11) is 0. The fourth-order valence-electron chi connectivity index (χ4n) is 1.96. The Hall–Kier alpha value is -3.22. The summed E-state index contributed by atoms with van der Waals surface area (Å²) in [6, 6.07) is 11.1. The Morgan fingerprint density at radius 2 is 1.78 bits per heavy atom. The fraction of sp³-hybridized carbons (Fsp3) is 0.0625. The molecule has 0 saturated heterocycles. The molecule has 2 aromatic rings. The normalized spacial score (nSPS) is 10.0. The van der Waals surface area contributed by atoms with Crippen molar-refractivity contribution in [1.82, 2.24) is 0 Å². The summed E-state index contributed by atoms with van der Waals surface area (Å²) >= 11 is 0. The number of imide groups is 1. The molecule has 2 aromatic carbocycles. The molecule has 0 aromatic heterocycles. The average molecular weight is 315 g/mol. The summed E-state index contributed by atoms with van der Waals surface area (Å²) in [6.07, 6.45) is 0. The van der Waals surface area contributed by atoms with Gasteiger partial charge in [0.15, 0.2) is 0 Å². The maximum atomic E-state index is 13.1. The van der Waals surface area contributed by atoms with E-state index >= 15 is 0 Å². The van der Waals surface area contributed by atoms with Crippen molar-refractivity contribution >= 4 is 34.8 Å². The van der Waals surface area contributed by atoms with Gasteiger partial charge in [-0.15, -0.1) is 0 Å². The van der Waals surface area contributed by atoms with Crippen molar-refractivity contribution in [3.8, 4) is 0 Å². The predicted octanol–water partition coefficient (Wildman–Crippen LogP) is 1.93. The van der Waals surface area contributed by atoms with E-state index in [4.69, 9.17) is 5.73 Å². The van der Waals surface area contributed by atoms with E-state index in [1.54, 1.807) is 12.1 Å². The number of amides is 3. The lowest BCUT2D eigenvalue weighted by atomic mass is 10.2. The first-order chi connectivity index (χ1) is 10.9. The van der Waals surface area contributed by atoms with Crippen molar-refractivity contribution in [3.05, 3.63) is 54.3 Å². The van der Waals surface area contributed by atoms with Crippen LogP contribution in [0.5, 0.6) is 0 Å². The van der Waals surface area contributed by atoms with E-state index in [2.05, 4.69) is 5.32 Å². The van der Waals surface area contributed by atoms with Crippen molar-refractivity contribution in [3.63, 3.8) is 0 Å². The first kappa shape index (κ1) is 16.2. The van der Waals surface area contributed by atoms with Crippen LogP contribution in [0.3, 0.4) is 0 Å². The summed E-state index contributed by atoms with van der Waals surface area (Å²) in [5.74, 6) is -3.36.